The van der Waals surface area contributed by atoms with Crippen LogP contribution >= 0.6 is 11.6 Å². The first-order valence-corrected chi connectivity index (χ1v) is 9.52. The van der Waals surface area contributed by atoms with Crippen LogP contribution in [0.1, 0.15) is 10.4 Å². The number of pyridine rings is 1. The molecule has 10 heteroatoms. The average Bonchev–Trinajstić information content (AvgIpc) is 2.75. The molecule has 0 spiro atoms. The summed E-state index contributed by atoms with van der Waals surface area (Å²) < 4.78 is 5.13. The molecular weight excluding hydrogens is 445 g/mol. The third-order valence-electron chi connectivity index (χ3n) is 4.06. The molecule has 8 nitrogen and oxygen atoms in total. The molecular formula is C22H19ClN3NaO5. The van der Waals surface area contributed by atoms with Crippen LogP contribution in [0.5, 0.6) is 0 Å². The zero-order chi connectivity index (χ0) is 22.2. The zero-order valence-electron chi connectivity index (χ0n) is 16.2. The minimum atomic E-state index is -1.23. The molecule has 0 unspecified atom stereocenters. The van der Waals surface area contributed by atoms with Crippen LogP contribution in [0.15, 0.2) is 66.9 Å². The van der Waals surface area contributed by atoms with Gasteiger partial charge in [0.15, 0.2) is 0 Å². The Balaban J connectivity index is 0.00000363. The Morgan fingerprint density at radius 2 is 1.69 bits per heavy atom. The van der Waals surface area contributed by atoms with Crippen LogP contribution in [0.3, 0.4) is 0 Å². The maximum absolute atomic E-state index is 12.1. The normalized spacial score (nSPS) is 10.0. The zero-order valence-corrected chi connectivity index (χ0v) is 16.9. The number of nitrogens with zero attached hydrogens (tertiary/aromatic N) is 1. The predicted molar refractivity (Wildman–Crippen MR) is 123 cm³/mol. The van der Waals surface area contributed by atoms with Crippen LogP contribution in [-0.2, 0) is 14.3 Å². The summed E-state index contributed by atoms with van der Waals surface area (Å²) in [5, 5.41) is 14.5. The van der Waals surface area contributed by atoms with Gasteiger partial charge in [0.2, 0.25) is 11.8 Å². The SMILES string of the molecule is O=C(COCC(=O)Nc1ccc(Cl)cc1C(=O)O)Nc1cccc(-c2ccccn2)c1.[NaH]. The molecule has 2 amide bonds. The molecule has 3 N–H and O–H groups in total. The van der Waals surface area contributed by atoms with Gasteiger partial charge in [0.25, 0.3) is 0 Å². The molecule has 0 aliphatic carbocycles. The molecule has 0 aliphatic heterocycles. The number of amides is 2. The topological polar surface area (TPSA) is 118 Å². The number of anilines is 2. The quantitative estimate of drug-likeness (QED) is 0.442. The second-order valence-electron chi connectivity index (χ2n) is 6.38. The molecule has 2 aromatic carbocycles. The molecule has 1 aromatic heterocycles. The molecule has 3 rings (SSSR count). The number of halogens is 1. The molecule has 0 bridgehead atoms. The van der Waals surface area contributed by atoms with Crippen LogP contribution in [-0.4, -0.2) is 70.6 Å². The number of aromatic nitrogens is 1. The van der Waals surface area contributed by atoms with Crippen LogP contribution in [0.4, 0.5) is 11.4 Å². The summed E-state index contributed by atoms with van der Waals surface area (Å²) >= 11 is 5.78. The van der Waals surface area contributed by atoms with Crippen molar-refractivity contribution >= 4 is 70.3 Å². The first kappa shape index (κ1) is 25.5. The van der Waals surface area contributed by atoms with Crippen molar-refractivity contribution in [3.8, 4) is 11.3 Å². The van der Waals surface area contributed by atoms with Crippen molar-refractivity contribution < 1.29 is 24.2 Å². The van der Waals surface area contributed by atoms with Crippen molar-refractivity contribution in [3.05, 3.63) is 77.4 Å². The molecule has 0 saturated heterocycles. The number of carbonyl (C=O) groups is 3. The summed E-state index contributed by atoms with van der Waals surface area (Å²) in [7, 11) is 0. The van der Waals surface area contributed by atoms with E-state index in [0.717, 1.165) is 11.3 Å². The van der Waals surface area contributed by atoms with Crippen molar-refractivity contribution in [2.24, 2.45) is 0 Å². The molecule has 0 fully saturated rings. The van der Waals surface area contributed by atoms with Gasteiger partial charge in [0.1, 0.15) is 13.2 Å². The summed E-state index contributed by atoms with van der Waals surface area (Å²) in [6.45, 7) is -0.781. The minimum absolute atomic E-state index is 0. The summed E-state index contributed by atoms with van der Waals surface area (Å²) in [6, 6.07) is 16.8. The molecule has 0 saturated carbocycles. The standard InChI is InChI=1S/C22H18ClN3O5.Na.H/c23-15-7-8-19(17(11-15)22(29)30)26-21(28)13-31-12-20(27)25-16-5-3-4-14(10-16)18-6-1-2-9-24-18;;/h1-11H,12-13H2,(H,25,27)(H,26,28)(H,29,30);;. The molecule has 0 aliphatic rings. The Bertz CT molecular complexity index is 1110. The van der Waals surface area contributed by atoms with Gasteiger partial charge in [-0.3, -0.25) is 14.6 Å². The summed E-state index contributed by atoms with van der Waals surface area (Å²) in [5.74, 6) is -2.27. The fraction of sp³-hybridized carbons (Fsp3) is 0.0909. The van der Waals surface area contributed by atoms with Crippen molar-refractivity contribution in [1.82, 2.24) is 4.98 Å². The number of hydrogen-bond acceptors (Lipinski definition) is 5. The van der Waals surface area contributed by atoms with Gasteiger partial charge in [-0.15, -0.1) is 0 Å². The van der Waals surface area contributed by atoms with Gasteiger partial charge in [-0.1, -0.05) is 29.8 Å². The predicted octanol–water partition coefficient (Wildman–Crippen LogP) is 3.05. The van der Waals surface area contributed by atoms with Crippen molar-refractivity contribution in [2.75, 3.05) is 23.8 Å². The van der Waals surface area contributed by atoms with E-state index in [1.807, 2.05) is 24.3 Å². The van der Waals surface area contributed by atoms with Crippen LogP contribution in [0, 0.1) is 0 Å². The molecule has 160 valence electrons. The number of ether oxygens (including phenoxy) is 1. The summed E-state index contributed by atoms with van der Waals surface area (Å²) in [5.41, 5.74) is 2.12. The molecule has 0 radical (unpaired) electrons. The summed E-state index contributed by atoms with van der Waals surface area (Å²) in [6.07, 6.45) is 1.68. The Morgan fingerprint density at radius 3 is 2.38 bits per heavy atom. The number of carboxylic acids is 1. The van der Waals surface area contributed by atoms with Gasteiger partial charge in [-0.05, 0) is 42.5 Å². The van der Waals surface area contributed by atoms with Gasteiger partial charge in [0.05, 0.1) is 16.9 Å². The van der Waals surface area contributed by atoms with Crippen molar-refractivity contribution in [2.45, 2.75) is 0 Å². The monoisotopic (exact) mass is 463 g/mol. The van der Waals surface area contributed by atoms with E-state index in [1.165, 1.54) is 18.2 Å². The van der Waals surface area contributed by atoms with Gasteiger partial charge in [-0.2, -0.15) is 0 Å². The maximum atomic E-state index is 12.1. The third kappa shape index (κ3) is 7.44. The van der Waals surface area contributed by atoms with Crippen LogP contribution < -0.4 is 10.6 Å². The third-order valence-corrected chi connectivity index (χ3v) is 4.29. The Morgan fingerprint density at radius 1 is 0.938 bits per heavy atom. The average molecular weight is 464 g/mol. The van der Waals surface area contributed by atoms with E-state index >= 15 is 0 Å². The second-order valence-corrected chi connectivity index (χ2v) is 6.82. The van der Waals surface area contributed by atoms with Gasteiger partial charge >= 0.3 is 35.5 Å². The van der Waals surface area contributed by atoms with E-state index in [1.54, 1.807) is 24.4 Å². The molecule has 0 atom stereocenters. The number of nitrogens with one attached hydrogen (secondary N) is 2. The van der Waals surface area contributed by atoms with E-state index in [0.29, 0.717) is 5.69 Å². The van der Waals surface area contributed by atoms with E-state index in [4.69, 9.17) is 16.3 Å². The second kappa shape index (κ2) is 12.3. The number of hydrogen-bond donors (Lipinski definition) is 3. The fourth-order valence-corrected chi connectivity index (χ4v) is 2.88. The fourth-order valence-electron chi connectivity index (χ4n) is 2.71. The Kier molecular flexibility index (Phi) is 9.83. The first-order chi connectivity index (χ1) is 14.9. The van der Waals surface area contributed by atoms with Crippen LogP contribution in [0.2, 0.25) is 5.02 Å². The molecule has 32 heavy (non-hydrogen) atoms. The number of carbonyl (C=O) groups excluding carboxylic acids is 2. The Hall–Kier alpha value is -2.75. The van der Waals surface area contributed by atoms with Crippen molar-refractivity contribution in [1.29, 1.82) is 0 Å². The van der Waals surface area contributed by atoms with Crippen molar-refractivity contribution in [3.63, 3.8) is 0 Å². The first-order valence-electron chi connectivity index (χ1n) is 9.14. The molecule has 3 aromatic rings. The van der Waals surface area contributed by atoms with Gasteiger partial charge in [-0.25, -0.2) is 4.79 Å². The van der Waals surface area contributed by atoms with Crippen LogP contribution in [0.25, 0.3) is 11.3 Å². The molecule has 1 heterocycles. The summed E-state index contributed by atoms with van der Waals surface area (Å²) in [4.78, 5) is 39.6. The van der Waals surface area contributed by atoms with E-state index < -0.39 is 24.4 Å². The van der Waals surface area contributed by atoms with Gasteiger partial charge in [0, 0.05) is 22.5 Å². The number of carboxylic acid groups (broad SMARTS) is 1. The van der Waals surface area contributed by atoms with E-state index in [9.17, 15) is 19.5 Å². The Labute approximate surface area is 211 Å². The van der Waals surface area contributed by atoms with Gasteiger partial charge < -0.3 is 20.5 Å². The number of rotatable bonds is 8. The number of benzene rings is 2. The van der Waals surface area contributed by atoms with E-state index in [2.05, 4.69) is 15.6 Å². The van der Waals surface area contributed by atoms with E-state index in [-0.39, 0.29) is 52.4 Å². The number of aromatic carboxylic acids is 1.